The minimum absolute atomic E-state index is 0.00469. The molecule has 0 unspecified atom stereocenters. The number of hydrogen-bond donors (Lipinski definition) is 3. The maximum absolute atomic E-state index is 12.3. The molecule has 1 amide bonds. The standard InChI is InChI=1S/C27H35NO3/c1-4-5-6-7-17-24-18-11-8-14-22(2)15-9-12-19-25(29)26(30)21-23(3)16-10-13-20-27(31)28-24/h4-16,19-21,24-26,29-30H,17-18H2,1-3H3,(H,28,31)/b5-4+,7-6+,11-8+,15-9+,16-10+,19-12+,20-13+,22-14+,23-21+/t24-,25-,26+/m1/s1. The highest BCUT2D eigenvalue weighted by Gasteiger charge is 2.09. The highest BCUT2D eigenvalue weighted by atomic mass is 16.3. The Labute approximate surface area is 186 Å². The van der Waals surface area contributed by atoms with Crippen molar-refractivity contribution in [3.63, 3.8) is 0 Å². The van der Waals surface area contributed by atoms with Gasteiger partial charge in [-0.05, 0) is 33.6 Å². The highest BCUT2D eigenvalue weighted by Crippen LogP contribution is 2.06. The molecule has 0 aromatic heterocycles. The molecule has 1 heterocycles. The van der Waals surface area contributed by atoms with Crippen molar-refractivity contribution in [2.75, 3.05) is 0 Å². The van der Waals surface area contributed by atoms with Crippen LogP contribution in [0, 0.1) is 0 Å². The molecular weight excluding hydrogens is 386 g/mol. The molecule has 0 aromatic carbocycles. The van der Waals surface area contributed by atoms with Gasteiger partial charge in [0, 0.05) is 12.1 Å². The van der Waals surface area contributed by atoms with E-state index in [9.17, 15) is 15.0 Å². The number of hydrogen-bond acceptors (Lipinski definition) is 3. The van der Waals surface area contributed by atoms with Crippen molar-refractivity contribution in [3.8, 4) is 0 Å². The number of aliphatic hydroxyl groups excluding tert-OH is 2. The molecule has 1 rings (SSSR count). The molecular formula is C27H35NO3. The van der Waals surface area contributed by atoms with Crippen LogP contribution in [0.2, 0.25) is 0 Å². The molecule has 4 nitrogen and oxygen atoms in total. The van der Waals surface area contributed by atoms with Crippen molar-refractivity contribution in [2.24, 2.45) is 0 Å². The fourth-order valence-corrected chi connectivity index (χ4v) is 2.69. The summed E-state index contributed by atoms with van der Waals surface area (Å²) in [6.07, 6.45) is 28.6. The van der Waals surface area contributed by atoms with Crippen LogP contribution in [-0.2, 0) is 4.79 Å². The minimum Gasteiger partial charge on any atom is -0.386 e. The van der Waals surface area contributed by atoms with Gasteiger partial charge < -0.3 is 15.5 Å². The van der Waals surface area contributed by atoms with Crippen LogP contribution in [0.15, 0.2) is 108 Å². The van der Waals surface area contributed by atoms with Gasteiger partial charge in [-0.15, -0.1) is 0 Å². The maximum Gasteiger partial charge on any atom is 0.244 e. The van der Waals surface area contributed by atoms with E-state index in [1.807, 2.05) is 75.5 Å². The van der Waals surface area contributed by atoms with Crippen LogP contribution in [0.3, 0.4) is 0 Å². The monoisotopic (exact) mass is 421 g/mol. The number of aliphatic hydroxyl groups is 2. The van der Waals surface area contributed by atoms with E-state index in [2.05, 4.69) is 5.32 Å². The summed E-state index contributed by atoms with van der Waals surface area (Å²) in [5.74, 6) is -0.159. The van der Waals surface area contributed by atoms with Crippen LogP contribution in [0.25, 0.3) is 0 Å². The quantitative estimate of drug-likeness (QED) is 0.574. The summed E-state index contributed by atoms with van der Waals surface area (Å²) in [5.41, 5.74) is 1.83. The Kier molecular flexibility index (Phi) is 13.3. The Balaban J connectivity index is 3.04. The van der Waals surface area contributed by atoms with Crippen LogP contribution in [0.1, 0.15) is 33.6 Å². The lowest BCUT2D eigenvalue weighted by atomic mass is 10.1. The Morgan fingerprint density at radius 3 is 2.45 bits per heavy atom. The molecule has 0 radical (unpaired) electrons. The minimum atomic E-state index is -1.01. The summed E-state index contributed by atoms with van der Waals surface area (Å²) in [6, 6.07) is -0.00469. The Morgan fingerprint density at radius 1 is 0.968 bits per heavy atom. The van der Waals surface area contributed by atoms with E-state index in [4.69, 9.17) is 0 Å². The van der Waals surface area contributed by atoms with E-state index >= 15 is 0 Å². The summed E-state index contributed by atoms with van der Waals surface area (Å²) in [7, 11) is 0. The van der Waals surface area contributed by atoms with E-state index in [1.54, 1.807) is 36.5 Å². The molecule has 3 atom stereocenters. The lowest BCUT2D eigenvalue weighted by Crippen LogP contribution is -2.32. The van der Waals surface area contributed by atoms with Crippen molar-refractivity contribution in [2.45, 2.75) is 51.9 Å². The van der Waals surface area contributed by atoms with E-state index in [1.165, 1.54) is 6.08 Å². The number of nitrogens with one attached hydrogen (secondary N) is 1. The normalized spacial score (nSPS) is 32.9. The average Bonchev–Trinajstić information content (AvgIpc) is 2.73. The first-order valence-corrected chi connectivity index (χ1v) is 10.6. The van der Waals surface area contributed by atoms with E-state index in [0.717, 1.165) is 24.0 Å². The Bertz CT molecular complexity index is 819. The first-order chi connectivity index (χ1) is 14.9. The van der Waals surface area contributed by atoms with Gasteiger partial charge in [-0.25, -0.2) is 0 Å². The zero-order chi connectivity index (χ0) is 22.9. The van der Waals surface area contributed by atoms with Gasteiger partial charge >= 0.3 is 0 Å². The molecule has 31 heavy (non-hydrogen) atoms. The third-order valence-corrected chi connectivity index (χ3v) is 4.40. The van der Waals surface area contributed by atoms with Gasteiger partial charge in [0.1, 0.15) is 12.2 Å². The summed E-state index contributed by atoms with van der Waals surface area (Å²) in [4.78, 5) is 12.3. The first kappa shape index (κ1) is 26.1. The van der Waals surface area contributed by atoms with Crippen molar-refractivity contribution >= 4 is 5.91 Å². The second-order valence-corrected chi connectivity index (χ2v) is 7.32. The van der Waals surface area contributed by atoms with E-state index < -0.39 is 12.2 Å². The predicted molar refractivity (Wildman–Crippen MR) is 130 cm³/mol. The molecule has 4 heteroatoms. The van der Waals surface area contributed by atoms with Crippen LogP contribution in [0.5, 0.6) is 0 Å². The van der Waals surface area contributed by atoms with Gasteiger partial charge in [0.15, 0.2) is 0 Å². The highest BCUT2D eigenvalue weighted by molar-refractivity contribution is 5.88. The van der Waals surface area contributed by atoms with Crippen LogP contribution >= 0.6 is 0 Å². The van der Waals surface area contributed by atoms with Crippen molar-refractivity contribution in [1.82, 2.24) is 5.32 Å². The zero-order valence-electron chi connectivity index (χ0n) is 18.7. The molecule has 0 aromatic rings. The Morgan fingerprint density at radius 2 is 1.68 bits per heavy atom. The largest absolute Gasteiger partial charge is 0.386 e. The van der Waals surface area contributed by atoms with Gasteiger partial charge in [0.2, 0.25) is 5.91 Å². The van der Waals surface area contributed by atoms with Crippen LogP contribution < -0.4 is 5.32 Å². The number of amides is 1. The second kappa shape index (κ2) is 15.8. The molecule has 0 spiro atoms. The maximum atomic E-state index is 12.3. The number of carbonyl (C=O) groups excluding carboxylic acids is 1. The second-order valence-electron chi connectivity index (χ2n) is 7.32. The fourth-order valence-electron chi connectivity index (χ4n) is 2.69. The number of carbonyl (C=O) groups is 1. The van der Waals surface area contributed by atoms with Crippen LogP contribution in [0.4, 0.5) is 0 Å². The van der Waals surface area contributed by atoms with Gasteiger partial charge in [0.05, 0.1) is 0 Å². The van der Waals surface area contributed by atoms with Crippen molar-refractivity contribution < 1.29 is 15.0 Å². The summed E-state index contributed by atoms with van der Waals surface area (Å²) in [5, 5.41) is 23.2. The molecule has 0 fully saturated rings. The lowest BCUT2D eigenvalue weighted by Gasteiger charge is -2.14. The van der Waals surface area contributed by atoms with Gasteiger partial charge in [-0.1, -0.05) is 102 Å². The molecule has 166 valence electrons. The molecule has 0 saturated heterocycles. The molecule has 0 aliphatic carbocycles. The molecule has 1 aliphatic rings. The van der Waals surface area contributed by atoms with Gasteiger partial charge in [0.25, 0.3) is 0 Å². The fraction of sp³-hybridized carbons (Fsp3) is 0.296. The van der Waals surface area contributed by atoms with Crippen molar-refractivity contribution in [1.29, 1.82) is 0 Å². The molecule has 1 aliphatic heterocycles. The van der Waals surface area contributed by atoms with Crippen molar-refractivity contribution in [3.05, 3.63) is 108 Å². The Hall–Kier alpha value is -2.95. The summed E-state index contributed by atoms with van der Waals surface area (Å²) < 4.78 is 0. The van der Waals surface area contributed by atoms with Crippen LogP contribution in [-0.4, -0.2) is 34.4 Å². The first-order valence-electron chi connectivity index (χ1n) is 10.6. The third kappa shape index (κ3) is 13.1. The van der Waals surface area contributed by atoms with E-state index in [0.29, 0.717) is 0 Å². The smallest absolute Gasteiger partial charge is 0.244 e. The average molecular weight is 422 g/mol. The molecule has 0 saturated carbocycles. The number of allylic oxidation sites excluding steroid dienone is 13. The topological polar surface area (TPSA) is 69.6 Å². The lowest BCUT2D eigenvalue weighted by molar-refractivity contribution is -0.117. The van der Waals surface area contributed by atoms with E-state index in [-0.39, 0.29) is 11.9 Å². The number of rotatable bonds is 3. The SMILES string of the molecule is C/C=C/C=C/C[C@@H]1C/C=C/C=C(C)/C=C/C=C/[C@@H](O)[C@@H](O)/C=C(C)/C=C/C=C/C(=O)N1. The predicted octanol–water partition coefficient (Wildman–Crippen LogP) is 4.79. The van der Waals surface area contributed by atoms with Gasteiger partial charge in [-0.3, -0.25) is 4.79 Å². The zero-order valence-corrected chi connectivity index (χ0v) is 18.7. The molecule has 0 bridgehead atoms. The summed E-state index contributed by atoms with van der Waals surface area (Å²) in [6.45, 7) is 5.77. The molecule has 3 N–H and O–H groups in total. The summed E-state index contributed by atoms with van der Waals surface area (Å²) >= 11 is 0. The van der Waals surface area contributed by atoms with Gasteiger partial charge in [-0.2, -0.15) is 0 Å². The third-order valence-electron chi connectivity index (χ3n) is 4.40.